The van der Waals surface area contributed by atoms with E-state index >= 15 is 0 Å². The summed E-state index contributed by atoms with van der Waals surface area (Å²) in [6.45, 7) is 0.244. The van der Waals surface area contributed by atoms with Crippen LogP contribution >= 0.6 is 0 Å². The minimum atomic E-state index is -0.865. The number of hydrogen-bond donors (Lipinski definition) is 1. The first kappa shape index (κ1) is 13.1. The van der Waals surface area contributed by atoms with Gasteiger partial charge in [-0.2, -0.15) is 0 Å². The lowest BCUT2D eigenvalue weighted by Gasteiger charge is -2.07. The Kier molecular flexibility index (Phi) is 4.13. The van der Waals surface area contributed by atoms with Crippen molar-refractivity contribution in [3.63, 3.8) is 0 Å². The zero-order valence-corrected chi connectivity index (χ0v) is 10.2. The number of para-hydroxylation sites is 1. The number of rotatable bonds is 5. The molecule has 0 bridgehead atoms. The normalized spacial score (nSPS) is 10.2. The predicted molar refractivity (Wildman–Crippen MR) is 68.5 cm³/mol. The molecule has 0 saturated heterocycles. The minimum absolute atomic E-state index is 0.00551. The number of carboxylic acids is 1. The van der Waals surface area contributed by atoms with Crippen LogP contribution in [0.2, 0.25) is 0 Å². The van der Waals surface area contributed by atoms with Crippen LogP contribution < -0.4 is 4.74 Å². The summed E-state index contributed by atoms with van der Waals surface area (Å²) in [5.74, 6) is -1.06. The monoisotopic (exact) mass is 260 g/mol. The summed E-state index contributed by atoms with van der Waals surface area (Å²) in [6, 6.07) is 13.2. The number of carboxylic acid groups (broad SMARTS) is 1. The van der Waals surface area contributed by atoms with Gasteiger partial charge in [-0.1, -0.05) is 36.4 Å². The van der Waals surface area contributed by atoms with Gasteiger partial charge >= 0.3 is 5.97 Å². The highest BCUT2D eigenvalue weighted by Crippen LogP contribution is 2.17. The van der Waals surface area contributed by atoms with E-state index in [2.05, 4.69) is 0 Å². The van der Waals surface area contributed by atoms with Crippen molar-refractivity contribution in [1.82, 2.24) is 0 Å². The van der Waals surface area contributed by atoms with Crippen LogP contribution in [0.4, 0.5) is 4.39 Å². The van der Waals surface area contributed by atoms with Gasteiger partial charge in [0.25, 0.3) is 0 Å². The first-order chi connectivity index (χ1) is 9.15. The third-order valence-electron chi connectivity index (χ3n) is 2.61. The molecular weight excluding hydrogens is 247 g/mol. The van der Waals surface area contributed by atoms with Crippen molar-refractivity contribution < 1.29 is 19.0 Å². The summed E-state index contributed by atoms with van der Waals surface area (Å²) in [5, 5.41) is 8.65. The lowest BCUT2D eigenvalue weighted by Crippen LogP contribution is -2.01. The summed E-state index contributed by atoms with van der Waals surface area (Å²) in [4.78, 5) is 10.5. The molecule has 0 amide bonds. The van der Waals surface area contributed by atoms with Gasteiger partial charge in [-0.3, -0.25) is 4.79 Å². The summed E-state index contributed by atoms with van der Waals surface area (Å²) in [6.07, 6.45) is -0.00551. The van der Waals surface area contributed by atoms with Crippen LogP contribution in [0.3, 0.4) is 0 Å². The third-order valence-corrected chi connectivity index (χ3v) is 2.61. The second-order valence-electron chi connectivity index (χ2n) is 4.11. The topological polar surface area (TPSA) is 46.5 Å². The van der Waals surface area contributed by atoms with Gasteiger partial charge in [-0.15, -0.1) is 0 Å². The Balaban J connectivity index is 1.97. The summed E-state index contributed by atoms with van der Waals surface area (Å²) >= 11 is 0. The fourth-order valence-electron chi connectivity index (χ4n) is 1.65. The molecule has 4 heteroatoms. The summed E-state index contributed by atoms with van der Waals surface area (Å²) in [5.41, 5.74) is 1.58. The minimum Gasteiger partial charge on any atom is -0.486 e. The van der Waals surface area contributed by atoms with Gasteiger partial charge in [-0.05, 0) is 23.3 Å². The molecule has 2 aromatic carbocycles. The number of benzene rings is 2. The van der Waals surface area contributed by atoms with Gasteiger partial charge in [0.2, 0.25) is 0 Å². The zero-order chi connectivity index (χ0) is 13.7. The quantitative estimate of drug-likeness (QED) is 0.898. The van der Waals surface area contributed by atoms with Crippen molar-refractivity contribution in [2.24, 2.45) is 0 Å². The maximum Gasteiger partial charge on any atom is 0.307 e. The van der Waals surface area contributed by atoms with Crippen LogP contribution in [-0.2, 0) is 17.8 Å². The van der Waals surface area contributed by atoms with Gasteiger partial charge in [0, 0.05) is 0 Å². The molecule has 0 heterocycles. The Morgan fingerprint density at radius 1 is 1.05 bits per heavy atom. The Hall–Kier alpha value is -2.36. The molecule has 2 rings (SSSR count). The molecule has 0 aliphatic carbocycles. The van der Waals surface area contributed by atoms with Crippen molar-refractivity contribution in [1.29, 1.82) is 0 Å². The summed E-state index contributed by atoms with van der Waals surface area (Å²) < 4.78 is 18.7. The lowest BCUT2D eigenvalue weighted by molar-refractivity contribution is -0.136. The van der Waals surface area contributed by atoms with Gasteiger partial charge < -0.3 is 9.84 Å². The fraction of sp³-hybridized carbons (Fsp3) is 0.133. The first-order valence-corrected chi connectivity index (χ1v) is 5.82. The van der Waals surface area contributed by atoms with E-state index in [1.165, 1.54) is 6.07 Å². The van der Waals surface area contributed by atoms with Gasteiger partial charge in [-0.25, -0.2) is 4.39 Å². The van der Waals surface area contributed by atoms with Gasteiger partial charge in [0.05, 0.1) is 6.42 Å². The van der Waals surface area contributed by atoms with Crippen LogP contribution in [0.5, 0.6) is 5.75 Å². The molecule has 0 aliphatic rings. The molecule has 98 valence electrons. The molecule has 0 radical (unpaired) electrons. The predicted octanol–water partition coefficient (Wildman–Crippen LogP) is 3.03. The van der Waals surface area contributed by atoms with Crippen molar-refractivity contribution in [3.05, 3.63) is 65.5 Å². The molecule has 2 aromatic rings. The maximum absolute atomic E-state index is 13.3. The largest absolute Gasteiger partial charge is 0.486 e. The SMILES string of the molecule is O=C(O)Cc1ccc(COc2ccccc2F)cc1. The molecule has 0 fully saturated rings. The van der Waals surface area contributed by atoms with Crippen molar-refractivity contribution in [2.45, 2.75) is 13.0 Å². The molecule has 1 N–H and O–H groups in total. The van der Waals surface area contributed by atoms with E-state index in [-0.39, 0.29) is 18.8 Å². The van der Waals surface area contributed by atoms with Crippen LogP contribution in [0.25, 0.3) is 0 Å². The molecule has 3 nitrogen and oxygen atoms in total. The zero-order valence-electron chi connectivity index (χ0n) is 10.2. The smallest absolute Gasteiger partial charge is 0.307 e. The van der Waals surface area contributed by atoms with E-state index in [1.54, 1.807) is 42.5 Å². The number of halogens is 1. The average molecular weight is 260 g/mol. The van der Waals surface area contributed by atoms with Crippen LogP contribution in [-0.4, -0.2) is 11.1 Å². The van der Waals surface area contributed by atoms with E-state index < -0.39 is 11.8 Å². The van der Waals surface area contributed by atoms with E-state index in [1.807, 2.05) is 0 Å². The van der Waals surface area contributed by atoms with Crippen LogP contribution in [0, 0.1) is 5.82 Å². The summed E-state index contributed by atoms with van der Waals surface area (Å²) in [7, 11) is 0. The van der Waals surface area contributed by atoms with E-state index in [4.69, 9.17) is 9.84 Å². The Bertz CT molecular complexity index is 564. The highest BCUT2D eigenvalue weighted by Gasteiger charge is 2.03. The Morgan fingerprint density at radius 2 is 1.68 bits per heavy atom. The number of carbonyl (C=O) groups is 1. The standard InChI is InChI=1S/C15H13FO3/c16-13-3-1-2-4-14(13)19-10-12-7-5-11(6-8-12)9-15(17)18/h1-8H,9-10H2,(H,17,18). The molecule has 0 unspecified atom stereocenters. The van der Waals surface area contributed by atoms with E-state index in [0.717, 1.165) is 11.1 Å². The highest BCUT2D eigenvalue weighted by molar-refractivity contribution is 5.70. The molecule has 0 spiro atoms. The molecular formula is C15H13FO3. The molecule has 0 atom stereocenters. The van der Waals surface area contributed by atoms with E-state index in [0.29, 0.717) is 0 Å². The van der Waals surface area contributed by atoms with Gasteiger partial charge in [0.1, 0.15) is 6.61 Å². The second kappa shape index (κ2) is 6.00. The number of hydrogen-bond acceptors (Lipinski definition) is 2. The van der Waals surface area contributed by atoms with Crippen molar-refractivity contribution in [3.8, 4) is 5.75 Å². The molecule has 0 aromatic heterocycles. The second-order valence-corrected chi connectivity index (χ2v) is 4.11. The number of ether oxygens (including phenoxy) is 1. The Morgan fingerprint density at radius 3 is 2.32 bits per heavy atom. The fourth-order valence-corrected chi connectivity index (χ4v) is 1.65. The highest BCUT2D eigenvalue weighted by atomic mass is 19.1. The lowest BCUT2D eigenvalue weighted by atomic mass is 10.1. The van der Waals surface area contributed by atoms with Crippen LogP contribution in [0.15, 0.2) is 48.5 Å². The van der Waals surface area contributed by atoms with E-state index in [9.17, 15) is 9.18 Å². The Labute approximate surface area is 110 Å². The average Bonchev–Trinajstić information content (AvgIpc) is 2.39. The molecule has 0 saturated carbocycles. The van der Waals surface area contributed by atoms with Gasteiger partial charge in [0.15, 0.2) is 11.6 Å². The molecule has 19 heavy (non-hydrogen) atoms. The first-order valence-electron chi connectivity index (χ1n) is 5.82. The van der Waals surface area contributed by atoms with Crippen molar-refractivity contribution in [2.75, 3.05) is 0 Å². The number of aliphatic carboxylic acids is 1. The maximum atomic E-state index is 13.3. The van der Waals surface area contributed by atoms with Crippen molar-refractivity contribution >= 4 is 5.97 Å². The third kappa shape index (κ3) is 3.81. The van der Waals surface area contributed by atoms with Crippen LogP contribution in [0.1, 0.15) is 11.1 Å². The molecule has 0 aliphatic heterocycles.